The SMILES string of the molecule is C=C1CN(c2coc3c(F)c(O)c(C=O)cc23)C(=O)S1. The molecule has 0 aliphatic carbocycles. The first-order valence-corrected chi connectivity index (χ1v) is 6.39. The number of thioether (sulfide) groups is 1. The molecule has 2 heterocycles. The minimum atomic E-state index is -1.02. The molecule has 1 N–H and O–H groups in total. The Bertz CT molecular complexity index is 767. The summed E-state index contributed by atoms with van der Waals surface area (Å²) in [6.07, 6.45) is 1.56. The Kier molecular flexibility index (Phi) is 2.79. The van der Waals surface area contributed by atoms with Crippen molar-refractivity contribution >= 4 is 39.9 Å². The summed E-state index contributed by atoms with van der Waals surface area (Å²) >= 11 is 0.991. The largest absolute Gasteiger partial charge is 0.504 e. The zero-order valence-electron chi connectivity index (χ0n) is 10.1. The molecule has 1 aliphatic rings. The Hall–Kier alpha value is -2.28. The molecule has 1 aliphatic heterocycles. The summed E-state index contributed by atoms with van der Waals surface area (Å²) in [5.74, 6) is -1.78. The molecule has 0 saturated carbocycles. The number of carbonyl (C=O) groups excluding carboxylic acids is 2. The molecule has 0 atom stereocenters. The van der Waals surface area contributed by atoms with Gasteiger partial charge in [-0.15, -0.1) is 0 Å². The number of fused-ring (bicyclic) bond motifs is 1. The number of furan rings is 1. The van der Waals surface area contributed by atoms with Gasteiger partial charge in [0.2, 0.25) is 5.82 Å². The van der Waals surface area contributed by atoms with Crippen LogP contribution in [0, 0.1) is 5.82 Å². The Balaban J connectivity index is 2.23. The predicted octanol–water partition coefficient (Wildman–Crippen LogP) is 3.28. The lowest BCUT2D eigenvalue weighted by atomic mass is 10.1. The first-order chi connectivity index (χ1) is 9.52. The van der Waals surface area contributed by atoms with Crippen LogP contribution in [0.2, 0.25) is 0 Å². The van der Waals surface area contributed by atoms with Crippen molar-refractivity contribution in [2.45, 2.75) is 0 Å². The number of hydrogen-bond donors (Lipinski definition) is 1. The molecular formula is C13H8FNO4S. The minimum Gasteiger partial charge on any atom is -0.504 e. The van der Waals surface area contributed by atoms with Crippen molar-refractivity contribution in [3.63, 3.8) is 0 Å². The molecule has 1 saturated heterocycles. The molecule has 1 aromatic carbocycles. The van der Waals surface area contributed by atoms with Crippen molar-refractivity contribution in [3.8, 4) is 5.75 Å². The molecule has 102 valence electrons. The Labute approximate surface area is 116 Å². The van der Waals surface area contributed by atoms with Gasteiger partial charge in [-0.2, -0.15) is 4.39 Å². The van der Waals surface area contributed by atoms with E-state index in [0.717, 1.165) is 11.8 Å². The summed E-state index contributed by atoms with van der Waals surface area (Å²) < 4.78 is 19.0. The zero-order valence-corrected chi connectivity index (χ0v) is 10.9. The molecule has 7 heteroatoms. The molecule has 0 spiro atoms. The van der Waals surface area contributed by atoms with Crippen LogP contribution in [0.1, 0.15) is 10.4 Å². The summed E-state index contributed by atoms with van der Waals surface area (Å²) in [7, 11) is 0. The number of benzene rings is 1. The average Bonchev–Trinajstić information content (AvgIpc) is 2.96. The summed E-state index contributed by atoms with van der Waals surface area (Å²) in [5, 5.41) is 9.50. The number of nitrogens with zero attached hydrogens (tertiary/aromatic N) is 1. The second kappa shape index (κ2) is 4.38. The van der Waals surface area contributed by atoms with Gasteiger partial charge in [-0.25, -0.2) is 0 Å². The van der Waals surface area contributed by atoms with Crippen molar-refractivity contribution in [2.75, 3.05) is 11.4 Å². The van der Waals surface area contributed by atoms with E-state index >= 15 is 0 Å². The maximum absolute atomic E-state index is 13.9. The van der Waals surface area contributed by atoms with Gasteiger partial charge >= 0.3 is 0 Å². The van der Waals surface area contributed by atoms with E-state index < -0.39 is 11.6 Å². The van der Waals surface area contributed by atoms with Crippen LogP contribution in [0.5, 0.6) is 5.75 Å². The number of carbonyl (C=O) groups is 2. The quantitative estimate of drug-likeness (QED) is 0.860. The van der Waals surface area contributed by atoms with Crippen LogP contribution in [0.4, 0.5) is 14.9 Å². The number of rotatable bonds is 2. The van der Waals surface area contributed by atoms with E-state index in [0.29, 0.717) is 16.9 Å². The standard InChI is InChI=1S/C13H8FNO4S/c1-6-3-15(13(18)20-6)9-5-19-12-8(9)2-7(4-16)11(17)10(12)14/h2,4-5,17H,1,3H2. The van der Waals surface area contributed by atoms with Crippen molar-refractivity contribution in [2.24, 2.45) is 0 Å². The van der Waals surface area contributed by atoms with Crippen LogP contribution in [0.15, 0.2) is 28.2 Å². The van der Waals surface area contributed by atoms with Gasteiger partial charge in [0.25, 0.3) is 5.24 Å². The smallest absolute Gasteiger partial charge is 0.291 e. The fraction of sp³-hybridized carbons (Fsp3) is 0.0769. The molecule has 0 unspecified atom stereocenters. The highest BCUT2D eigenvalue weighted by molar-refractivity contribution is 8.17. The van der Waals surface area contributed by atoms with E-state index in [9.17, 15) is 19.1 Å². The lowest BCUT2D eigenvalue weighted by molar-refractivity contribution is 0.112. The number of phenols is 1. The van der Waals surface area contributed by atoms with Gasteiger partial charge in [0, 0.05) is 10.3 Å². The van der Waals surface area contributed by atoms with Gasteiger partial charge in [-0.05, 0) is 17.8 Å². The molecule has 3 rings (SSSR count). The fourth-order valence-corrected chi connectivity index (χ4v) is 2.77. The number of hydrogen-bond acceptors (Lipinski definition) is 5. The van der Waals surface area contributed by atoms with Crippen molar-refractivity contribution in [1.29, 1.82) is 0 Å². The van der Waals surface area contributed by atoms with E-state index in [4.69, 9.17) is 4.42 Å². The molecule has 20 heavy (non-hydrogen) atoms. The number of phenolic OH excluding ortho intramolecular Hbond substituents is 1. The van der Waals surface area contributed by atoms with Gasteiger partial charge in [0.1, 0.15) is 6.26 Å². The topological polar surface area (TPSA) is 70.8 Å². The fourth-order valence-electron chi connectivity index (χ4n) is 2.06. The third-order valence-corrected chi connectivity index (χ3v) is 3.81. The van der Waals surface area contributed by atoms with Gasteiger partial charge in [-0.3, -0.25) is 14.5 Å². The molecule has 1 amide bonds. The highest BCUT2D eigenvalue weighted by atomic mass is 32.2. The zero-order chi connectivity index (χ0) is 14.4. The van der Waals surface area contributed by atoms with Gasteiger partial charge in [-0.1, -0.05) is 6.58 Å². The molecule has 1 fully saturated rings. The first-order valence-electron chi connectivity index (χ1n) is 5.58. The van der Waals surface area contributed by atoms with Crippen molar-refractivity contribution in [1.82, 2.24) is 0 Å². The lowest BCUT2D eigenvalue weighted by Crippen LogP contribution is -2.21. The minimum absolute atomic E-state index is 0.196. The summed E-state index contributed by atoms with van der Waals surface area (Å²) in [6.45, 7) is 4.00. The van der Waals surface area contributed by atoms with Gasteiger partial charge < -0.3 is 9.52 Å². The summed E-state index contributed by atoms with van der Waals surface area (Å²) in [4.78, 5) is 24.7. The Morgan fingerprint density at radius 3 is 2.90 bits per heavy atom. The van der Waals surface area contributed by atoms with E-state index in [2.05, 4.69) is 6.58 Å². The number of anilines is 1. The number of halogens is 1. The van der Waals surface area contributed by atoms with E-state index in [1.807, 2.05) is 0 Å². The van der Waals surface area contributed by atoms with Crippen LogP contribution in [0.3, 0.4) is 0 Å². The highest BCUT2D eigenvalue weighted by Crippen LogP contribution is 2.40. The van der Waals surface area contributed by atoms with Crippen LogP contribution >= 0.6 is 11.8 Å². The molecule has 0 radical (unpaired) electrons. The third kappa shape index (κ3) is 1.70. The molecule has 1 aromatic heterocycles. The van der Waals surface area contributed by atoms with Crippen LogP contribution < -0.4 is 4.90 Å². The molecule has 5 nitrogen and oxygen atoms in total. The number of amides is 1. The number of aromatic hydroxyl groups is 1. The normalized spacial score (nSPS) is 15.3. The monoisotopic (exact) mass is 293 g/mol. The number of aldehydes is 1. The Morgan fingerprint density at radius 2 is 2.30 bits per heavy atom. The molecule has 2 aromatic rings. The van der Waals surface area contributed by atoms with Crippen LogP contribution in [-0.4, -0.2) is 23.2 Å². The van der Waals surface area contributed by atoms with Crippen LogP contribution in [-0.2, 0) is 0 Å². The van der Waals surface area contributed by atoms with E-state index in [1.54, 1.807) is 0 Å². The van der Waals surface area contributed by atoms with Crippen LogP contribution in [0.25, 0.3) is 11.0 Å². The molecule has 0 bridgehead atoms. The maximum Gasteiger partial charge on any atom is 0.291 e. The van der Waals surface area contributed by atoms with Crippen molar-refractivity contribution in [3.05, 3.63) is 35.2 Å². The highest BCUT2D eigenvalue weighted by Gasteiger charge is 2.30. The molecular weight excluding hydrogens is 285 g/mol. The second-order valence-corrected chi connectivity index (χ2v) is 5.37. The Morgan fingerprint density at radius 1 is 1.55 bits per heavy atom. The van der Waals surface area contributed by atoms with Crippen molar-refractivity contribution < 1.29 is 23.5 Å². The summed E-state index contributed by atoms with van der Waals surface area (Å²) in [5.41, 5.74) is -0.0488. The van der Waals surface area contributed by atoms with E-state index in [-0.39, 0.29) is 28.3 Å². The lowest BCUT2D eigenvalue weighted by Gasteiger charge is -2.12. The van der Waals surface area contributed by atoms with Gasteiger partial charge in [0.15, 0.2) is 17.6 Å². The van der Waals surface area contributed by atoms with E-state index in [1.165, 1.54) is 17.2 Å². The first kappa shape index (κ1) is 12.7. The average molecular weight is 293 g/mol. The third-order valence-electron chi connectivity index (χ3n) is 2.99. The van der Waals surface area contributed by atoms with Gasteiger partial charge in [0.05, 0.1) is 17.8 Å². The second-order valence-electron chi connectivity index (χ2n) is 4.24. The maximum atomic E-state index is 13.9. The predicted molar refractivity (Wildman–Crippen MR) is 72.7 cm³/mol. The summed E-state index contributed by atoms with van der Waals surface area (Å²) in [6, 6.07) is 1.29.